The van der Waals surface area contributed by atoms with Gasteiger partial charge in [0.1, 0.15) is 6.04 Å². The maximum Gasteiger partial charge on any atom is 0.328 e. The number of ether oxygens (including phenoxy) is 1. The summed E-state index contributed by atoms with van der Waals surface area (Å²) in [4.78, 5) is 24.5. The quantitative estimate of drug-likeness (QED) is 0.653. The number of esters is 1. The second-order valence-corrected chi connectivity index (χ2v) is 6.53. The lowest BCUT2D eigenvalue weighted by molar-refractivity contribution is -0.145. The summed E-state index contributed by atoms with van der Waals surface area (Å²) in [5.74, 6) is -0.605. The van der Waals surface area contributed by atoms with E-state index in [1.165, 1.54) is 7.11 Å². The van der Waals surface area contributed by atoms with Gasteiger partial charge in [0, 0.05) is 0 Å². The second-order valence-electron chi connectivity index (χ2n) is 6.53. The lowest BCUT2D eigenvalue weighted by Gasteiger charge is -2.16. The standard InChI is InChI=1S/C23H23NO3/c1-27-23(26)21(14-12-17-7-3-2-4-8-17)24-22(25)16-18-11-13-19-9-5-6-10-20(19)15-18/h2-11,13,15,21H,12,14,16H2,1H3,(H,24,25)/t21-/m1/s1. The Morgan fingerprint density at radius 2 is 1.59 bits per heavy atom. The minimum absolute atomic E-state index is 0.186. The molecule has 0 aliphatic carbocycles. The van der Waals surface area contributed by atoms with Crippen LogP contribution in [0.25, 0.3) is 10.8 Å². The number of benzene rings is 3. The Morgan fingerprint density at radius 3 is 2.33 bits per heavy atom. The van der Waals surface area contributed by atoms with Gasteiger partial charge in [-0.1, -0.05) is 72.8 Å². The van der Waals surface area contributed by atoms with Crippen LogP contribution in [0.5, 0.6) is 0 Å². The number of fused-ring (bicyclic) bond motifs is 1. The summed E-state index contributed by atoms with van der Waals surface area (Å²) < 4.78 is 4.86. The van der Waals surface area contributed by atoms with Crippen molar-refractivity contribution >= 4 is 22.6 Å². The van der Waals surface area contributed by atoms with E-state index < -0.39 is 12.0 Å². The van der Waals surface area contributed by atoms with E-state index in [1.807, 2.05) is 72.8 Å². The average molecular weight is 361 g/mol. The number of aryl methyl sites for hydroxylation is 1. The van der Waals surface area contributed by atoms with E-state index in [0.717, 1.165) is 21.9 Å². The molecule has 0 aliphatic rings. The molecule has 0 aliphatic heterocycles. The maximum atomic E-state index is 12.5. The normalized spacial score (nSPS) is 11.7. The number of amides is 1. The lowest BCUT2D eigenvalue weighted by atomic mass is 10.0. The predicted octanol–water partition coefficient (Wildman–Crippen LogP) is 3.67. The third-order valence-corrected chi connectivity index (χ3v) is 4.56. The molecule has 1 atom stereocenters. The minimum Gasteiger partial charge on any atom is -0.467 e. The SMILES string of the molecule is COC(=O)[C@@H](CCc1ccccc1)NC(=O)Cc1ccc2ccccc2c1. The number of carbonyl (C=O) groups excluding carboxylic acids is 2. The van der Waals surface area contributed by atoms with Crippen LogP contribution >= 0.6 is 0 Å². The number of nitrogens with one attached hydrogen (secondary N) is 1. The van der Waals surface area contributed by atoms with Gasteiger partial charge in [0.15, 0.2) is 0 Å². The van der Waals surface area contributed by atoms with Crippen LogP contribution in [-0.4, -0.2) is 25.0 Å². The van der Waals surface area contributed by atoms with E-state index in [1.54, 1.807) is 0 Å². The summed E-state index contributed by atoms with van der Waals surface area (Å²) in [5.41, 5.74) is 2.04. The van der Waals surface area contributed by atoms with Gasteiger partial charge in [-0.25, -0.2) is 4.79 Å². The highest BCUT2D eigenvalue weighted by Crippen LogP contribution is 2.16. The Balaban J connectivity index is 1.63. The molecule has 0 saturated carbocycles. The van der Waals surface area contributed by atoms with Crippen LogP contribution < -0.4 is 5.32 Å². The summed E-state index contributed by atoms with van der Waals surface area (Å²) in [6.07, 6.45) is 1.42. The summed E-state index contributed by atoms with van der Waals surface area (Å²) in [5, 5.41) is 5.05. The number of hydrogen-bond donors (Lipinski definition) is 1. The number of carbonyl (C=O) groups is 2. The second kappa shape index (κ2) is 8.99. The van der Waals surface area contributed by atoms with E-state index in [-0.39, 0.29) is 12.3 Å². The van der Waals surface area contributed by atoms with Crippen LogP contribution in [0, 0.1) is 0 Å². The van der Waals surface area contributed by atoms with Gasteiger partial charge in [-0.15, -0.1) is 0 Å². The van der Waals surface area contributed by atoms with Crippen molar-refractivity contribution in [3.05, 3.63) is 83.9 Å². The highest BCUT2D eigenvalue weighted by molar-refractivity contribution is 5.87. The molecule has 3 aromatic rings. The van der Waals surface area contributed by atoms with Crippen molar-refractivity contribution in [1.82, 2.24) is 5.32 Å². The molecule has 0 fully saturated rings. The highest BCUT2D eigenvalue weighted by atomic mass is 16.5. The van der Waals surface area contributed by atoms with Gasteiger partial charge < -0.3 is 10.1 Å². The Morgan fingerprint density at radius 1 is 0.889 bits per heavy atom. The summed E-state index contributed by atoms with van der Waals surface area (Å²) in [7, 11) is 1.34. The maximum absolute atomic E-state index is 12.5. The molecule has 4 nitrogen and oxygen atoms in total. The third kappa shape index (κ3) is 5.17. The van der Waals surface area contributed by atoms with Crippen LogP contribution in [0.3, 0.4) is 0 Å². The Labute approximate surface area is 159 Å². The van der Waals surface area contributed by atoms with Crippen molar-refractivity contribution in [1.29, 1.82) is 0 Å². The van der Waals surface area contributed by atoms with Gasteiger partial charge in [0.2, 0.25) is 5.91 Å². The van der Waals surface area contributed by atoms with Gasteiger partial charge >= 0.3 is 5.97 Å². The molecule has 0 radical (unpaired) electrons. The molecule has 1 N–H and O–H groups in total. The molecule has 138 valence electrons. The lowest BCUT2D eigenvalue weighted by Crippen LogP contribution is -2.42. The van der Waals surface area contributed by atoms with E-state index in [9.17, 15) is 9.59 Å². The fraction of sp³-hybridized carbons (Fsp3) is 0.217. The molecule has 0 saturated heterocycles. The fourth-order valence-electron chi connectivity index (χ4n) is 3.13. The van der Waals surface area contributed by atoms with E-state index >= 15 is 0 Å². The minimum atomic E-state index is -0.650. The van der Waals surface area contributed by atoms with Crippen LogP contribution in [0.15, 0.2) is 72.8 Å². The molecule has 0 aromatic heterocycles. The molecule has 1 amide bonds. The zero-order valence-corrected chi connectivity index (χ0v) is 15.4. The van der Waals surface area contributed by atoms with Gasteiger partial charge in [-0.3, -0.25) is 4.79 Å². The van der Waals surface area contributed by atoms with Crippen molar-refractivity contribution in [3.63, 3.8) is 0 Å². The smallest absolute Gasteiger partial charge is 0.328 e. The zero-order chi connectivity index (χ0) is 19.1. The Hall–Kier alpha value is -3.14. The van der Waals surface area contributed by atoms with E-state index in [0.29, 0.717) is 12.8 Å². The fourth-order valence-corrected chi connectivity index (χ4v) is 3.13. The first-order valence-corrected chi connectivity index (χ1v) is 9.04. The van der Waals surface area contributed by atoms with Gasteiger partial charge in [-0.05, 0) is 34.7 Å². The molecule has 0 bridgehead atoms. The first kappa shape index (κ1) is 18.6. The van der Waals surface area contributed by atoms with Crippen LogP contribution in [0.1, 0.15) is 17.5 Å². The van der Waals surface area contributed by atoms with Crippen molar-refractivity contribution in [2.75, 3.05) is 7.11 Å². The Kier molecular flexibility index (Phi) is 6.21. The molecule has 27 heavy (non-hydrogen) atoms. The van der Waals surface area contributed by atoms with Crippen LogP contribution in [-0.2, 0) is 27.2 Å². The first-order valence-electron chi connectivity index (χ1n) is 9.04. The van der Waals surface area contributed by atoms with Gasteiger partial charge in [0.25, 0.3) is 0 Å². The van der Waals surface area contributed by atoms with Crippen LogP contribution in [0.4, 0.5) is 0 Å². The van der Waals surface area contributed by atoms with E-state index in [2.05, 4.69) is 5.32 Å². The van der Waals surface area contributed by atoms with Crippen molar-refractivity contribution in [3.8, 4) is 0 Å². The number of hydrogen-bond acceptors (Lipinski definition) is 3. The summed E-state index contributed by atoms with van der Waals surface area (Å²) >= 11 is 0. The number of methoxy groups -OCH3 is 1. The van der Waals surface area contributed by atoms with Crippen molar-refractivity contribution < 1.29 is 14.3 Å². The van der Waals surface area contributed by atoms with Crippen LogP contribution in [0.2, 0.25) is 0 Å². The van der Waals surface area contributed by atoms with Crippen molar-refractivity contribution in [2.24, 2.45) is 0 Å². The molecule has 0 heterocycles. The largest absolute Gasteiger partial charge is 0.467 e. The summed E-state index contributed by atoms with van der Waals surface area (Å²) in [6.45, 7) is 0. The van der Waals surface area contributed by atoms with Crippen molar-refractivity contribution in [2.45, 2.75) is 25.3 Å². The van der Waals surface area contributed by atoms with Gasteiger partial charge in [-0.2, -0.15) is 0 Å². The zero-order valence-electron chi connectivity index (χ0n) is 15.4. The average Bonchev–Trinajstić information content (AvgIpc) is 2.71. The molecule has 0 spiro atoms. The Bertz CT molecular complexity index is 921. The van der Waals surface area contributed by atoms with Gasteiger partial charge in [0.05, 0.1) is 13.5 Å². The highest BCUT2D eigenvalue weighted by Gasteiger charge is 2.21. The number of rotatable bonds is 7. The van der Waals surface area contributed by atoms with E-state index in [4.69, 9.17) is 4.74 Å². The molecular formula is C23H23NO3. The molecule has 3 aromatic carbocycles. The first-order chi connectivity index (χ1) is 13.2. The predicted molar refractivity (Wildman–Crippen MR) is 106 cm³/mol. The molecule has 0 unspecified atom stereocenters. The monoisotopic (exact) mass is 361 g/mol. The summed E-state index contributed by atoms with van der Waals surface area (Å²) in [6, 6.07) is 23.2. The molecular weight excluding hydrogens is 338 g/mol. The molecule has 4 heteroatoms. The third-order valence-electron chi connectivity index (χ3n) is 4.56. The molecule has 3 rings (SSSR count). The topological polar surface area (TPSA) is 55.4 Å².